The van der Waals surface area contributed by atoms with Crippen molar-refractivity contribution in [3.8, 4) is 21.8 Å². The molecule has 0 aliphatic heterocycles. The lowest BCUT2D eigenvalue weighted by Crippen LogP contribution is -2.00. The number of hydrogen-bond donors (Lipinski definition) is 2. The highest BCUT2D eigenvalue weighted by Crippen LogP contribution is 2.34. The molecule has 0 saturated heterocycles. The Morgan fingerprint density at radius 2 is 1.65 bits per heavy atom. The summed E-state index contributed by atoms with van der Waals surface area (Å²) >= 11 is 1.69. The molecule has 0 unspecified atom stereocenters. The maximum atomic E-state index is 5.81. The van der Waals surface area contributed by atoms with E-state index >= 15 is 0 Å². The number of nitrogens with zero attached hydrogens (tertiary/aromatic N) is 4. The molecule has 3 aromatic heterocycles. The highest BCUT2D eigenvalue weighted by Gasteiger charge is 2.13. The Labute approximate surface area is 218 Å². The first kappa shape index (κ1) is 22.8. The van der Waals surface area contributed by atoms with E-state index in [9.17, 15) is 0 Å². The molecular weight excluding hydrogens is 476 g/mol. The molecule has 0 radical (unpaired) electrons. The van der Waals surface area contributed by atoms with Gasteiger partial charge in [-0.2, -0.15) is 0 Å². The average molecular weight is 501 g/mol. The summed E-state index contributed by atoms with van der Waals surface area (Å²) in [7, 11) is 0. The van der Waals surface area contributed by atoms with Crippen LogP contribution in [0.5, 0.6) is 0 Å². The number of aryl methyl sites for hydroxylation is 1. The Kier molecular flexibility index (Phi) is 6.04. The van der Waals surface area contributed by atoms with Crippen molar-refractivity contribution < 1.29 is 0 Å². The Hall–Kier alpha value is -4.62. The van der Waals surface area contributed by atoms with Crippen LogP contribution in [-0.4, -0.2) is 20.2 Å². The SMILES string of the molecule is Cc1csc(-c2nnc(Nc3ccc(Cc4ccccc4-c4ccnc(N)n4)cc3)c3ccccc23)c1. The molecule has 0 spiro atoms. The summed E-state index contributed by atoms with van der Waals surface area (Å²) < 4.78 is 0. The summed E-state index contributed by atoms with van der Waals surface area (Å²) in [5, 5.41) is 16.9. The van der Waals surface area contributed by atoms with Crippen LogP contribution in [0.25, 0.3) is 32.6 Å². The maximum absolute atomic E-state index is 5.81. The Balaban J connectivity index is 1.26. The van der Waals surface area contributed by atoms with Crippen molar-refractivity contribution >= 4 is 39.6 Å². The third kappa shape index (κ3) is 4.77. The van der Waals surface area contributed by atoms with Gasteiger partial charge >= 0.3 is 0 Å². The van der Waals surface area contributed by atoms with Crippen molar-refractivity contribution in [2.24, 2.45) is 0 Å². The minimum Gasteiger partial charge on any atom is -0.368 e. The topological polar surface area (TPSA) is 89.6 Å². The minimum absolute atomic E-state index is 0.275. The van der Waals surface area contributed by atoms with Gasteiger partial charge in [0.1, 0.15) is 5.69 Å². The summed E-state index contributed by atoms with van der Waals surface area (Å²) in [6.45, 7) is 2.10. The highest BCUT2D eigenvalue weighted by molar-refractivity contribution is 7.13. The molecule has 3 heterocycles. The number of hydrogen-bond acceptors (Lipinski definition) is 7. The number of nitrogens with two attached hydrogens (primary N) is 1. The smallest absolute Gasteiger partial charge is 0.220 e. The zero-order chi connectivity index (χ0) is 25.2. The van der Waals surface area contributed by atoms with Crippen molar-refractivity contribution in [1.29, 1.82) is 0 Å². The van der Waals surface area contributed by atoms with Crippen LogP contribution >= 0.6 is 11.3 Å². The number of fused-ring (bicyclic) bond motifs is 1. The monoisotopic (exact) mass is 500 g/mol. The molecule has 0 aliphatic carbocycles. The second-order valence-electron chi connectivity index (χ2n) is 8.89. The Bertz CT molecular complexity index is 1710. The zero-order valence-electron chi connectivity index (χ0n) is 20.2. The number of nitrogen functional groups attached to an aromatic ring is 1. The van der Waals surface area contributed by atoms with Gasteiger partial charge < -0.3 is 11.1 Å². The first-order chi connectivity index (χ1) is 18.1. The summed E-state index contributed by atoms with van der Waals surface area (Å²) in [5.41, 5.74) is 13.2. The molecular formula is C30H24N6S. The van der Waals surface area contributed by atoms with E-state index in [4.69, 9.17) is 5.73 Å². The molecule has 180 valence electrons. The summed E-state index contributed by atoms with van der Waals surface area (Å²) in [5.74, 6) is 1.02. The predicted molar refractivity (Wildman–Crippen MR) is 152 cm³/mol. The number of anilines is 3. The fraction of sp³-hybridized carbons (Fsp3) is 0.0667. The van der Waals surface area contributed by atoms with Gasteiger partial charge in [-0.3, -0.25) is 0 Å². The van der Waals surface area contributed by atoms with Crippen LogP contribution in [0.1, 0.15) is 16.7 Å². The van der Waals surface area contributed by atoms with E-state index in [0.29, 0.717) is 0 Å². The molecule has 7 heteroatoms. The molecule has 0 bridgehead atoms. The lowest BCUT2D eigenvalue weighted by atomic mass is 9.97. The fourth-order valence-electron chi connectivity index (χ4n) is 4.44. The van der Waals surface area contributed by atoms with E-state index < -0.39 is 0 Å². The number of thiophene rings is 1. The van der Waals surface area contributed by atoms with E-state index in [2.05, 4.69) is 92.4 Å². The van der Waals surface area contributed by atoms with E-state index in [1.54, 1.807) is 17.5 Å². The van der Waals surface area contributed by atoms with E-state index in [0.717, 1.165) is 50.5 Å². The summed E-state index contributed by atoms with van der Waals surface area (Å²) in [6.07, 6.45) is 2.47. The molecule has 0 amide bonds. The van der Waals surface area contributed by atoms with Gasteiger partial charge in [0.25, 0.3) is 0 Å². The van der Waals surface area contributed by atoms with E-state index in [1.165, 1.54) is 16.7 Å². The lowest BCUT2D eigenvalue weighted by Gasteiger charge is -2.12. The summed E-state index contributed by atoms with van der Waals surface area (Å²) in [6, 6.07) is 29.0. The van der Waals surface area contributed by atoms with E-state index in [1.807, 2.05) is 30.3 Å². The highest BCUT2D eigenvalue weighted by atomic mass is 32.1. The molecule has 6 aromatic rings. The standard InChI is InChI=1S/C30H24N6S/c1-19-16-27(37-18-19)28-24-8-4-5-9-25(24)29(36-35-28)33-22-12-10-20(11-13-22)17-21-6-2-3-7-23(21)26-14-15-32-30(31)34-26/h2-16,18H,17H2,1H3,(H,33,36)(H2,31,32,34). The number of nitrogens with one attached hydrogen (secondary N) is 1. The summed E-state index contributed by atoms with van der Waals surface area (Å²) in [4.78, 5) is 9.54. The van der Waals surface area contributed by atoms with Crippen LogP contribution in [-0.2, 0) is 6.42 Å². The quantitative estimate of drug-likeness (QED) is 0.255. The fourth-order valence-corrected chi connectivity index (χ4v) is 5.34. The minimum atomic E-state index is 0.275. The van der Waals surface area contributed by atoms with Crippen LogP contribution in [0, 0.1) is 6.92 Å². The molecule has 3 aromatic carbocycles. The number of aromatic nitrogens is 4. The Morgan fingerprint density at radius 1 is 0.865 bits per heavy atom. The van der Waals surface area contributed by atoms with Crippen molar-refractivity contribution in [2.75, 3.05) is 11.1 Å². The predicted octanol–water partition coefficient (Wildman–Crippen LogP) is 7.04. The largest absolute Gasteiger partial charge is 0.368 e. The molecule has 0 aliphatic rings. The van der Waals surface area contributed by atoms with Gasteiger partial charge in [0, 0.05) is 28.2 Å². The molecule has 6 rings (SSSR count). The van der Waals surface area contributed by atoms with Crippen molar-refractivity contribution in [3.05, 3.63) is 113 Å². The second-order valence-corrected chi connectivity index (χ2v) is 9.80. The van der Waals surface area contributed by atoms with Gasteiger partial charge in [-0.25, -0.2) is 9.97 Å². The van der Waals surface area contributed by atoms with Gasteiger partial charge in [0.05, 0.1) is 10.6 Å². The number of rotatable bonds is 6. The Morgan fingerprint density at radius 3 is 2.43 bits per heavy atom. The van der Waals surface area contributed by atoms with Crippen molar-refractivity contribution in [3.63, 3.8) is 0 Å². The normalized spacial score (nSPS) is 11.1. The van der Waals surface area contributed by atoms with Gasteiger partial charge in [-0.05, 0) is 59.7 Å². The van der Waals surface area contributed by atoms with Gasteiger partial charge in [0.2, 0.25) is 5.95 Å². The molecule has 3 N–H and O–H groups in total. The van der Waals surface area contributed by atoms with Gasteiger partial charge in [0.15, 0.2) is 5.82 Å². The third-order valence-corrected chi connectivity index (χ3v) is 7.28. The van der Waals surface area contributed by atoms with Crippen LogP contribution in [0.4, 0.5) is 17.5 Å². The van der Waals surface area contributed by atoms with Crippen LogP contribution in [0.3, 0.4) is 0 Å². The molecule has 37 heavy (non-hydrogen) atoms. The van der Waals surface area contributed by atoms with Crippen molar-refractivity contribution in [2.45, 2.75) is 13.3 Å². The first-order valence-electron chi connectivity index (χ1n) is 12.0. The first-order valence-corrected chi connectivity index (χ1v) is 12.9. The molecule has 6 nitrogen and oxygen atoms in total. The van der Waals surface area contributed by atoms with E-state index in [-0.39, 0.29) is 5.95 Å². The van der Waals surface area contributed by atoms with Crippen LogP contribution in [0.15, 0.2) is 96.5 Å². The molecule has 0 fully saturated rings. The van der Waals surface area contributed by atoms with Gasteiger partial charge in [-0.1, -0.05) is 60.7 Å². The van der Waals surface area contributed by atoms with Crippen LogP contribution in [0.2, 0.25) is 0 Å². The van der Waals surface area contributed by atoms with Crippen molar-refractivity contribution in [1.82, 2.24) is 20.2 Å². The van der Waals surface area contributed by atoms with Crippen LogP contribution < -0.4 is 11.1 Å². The molecule has 0 saturated carbocycles. The van der Waals surface area contributed by atoms with Gasteiger partial charge in [-0.15, -0.1) is 21.5 Å². The zero-order valence-corrected chi connectivity index (χ0v) is 21.0. The molecule has 0 atom stereocenters. The maximum Gasteiger partial charge on any atom is 0.220 e. The lowest BCUT2D eigenvalue weighted by molar-refractivity contribution is 1.06. The average Bonchev–Trinajstić information content (AvgIpc) is 3.36. The number of benzene rings is 3. The third-order valence-electron chi connectivity index (χ3n) is 6.23. The second kappa shape index (κ2) is 9.79.